The molecule has 2 fully saturated rings. The third kappa shape index (κ3) is 4.73. The highest BCUT2D eigenvalue weighted by Crippen LogP contribution is 2.28. The van der Waals surface area contributed by atoms with Crippen molar-refractivity contribution < 1.29 is 9.59 Å². The van der Waals surface area contributed by atoms with Crippen LogP contribution in [0, 0.1) is 11.8 Å². The van der Waals surface area contributed by atoms with Crippen LogP contribution in [0.15, 0.2) is 30.3 Å². The van der Waals surface area contributed by atoms with Crippen LogP contribution in [0.5, 0.6) is 0 Å². The van der Waals surface area contributed by atoms with Crippen LogP contribution in [-0.4, -0.2) is 42.9 Å². The number of rotatable bonds is 4. The summed E-state index contributed by atoms with van der Waals surface area (Å²) in [6.45, 7) is 5.52. The molecular formula is C19H28ClN3O2. The van der Waals surface area contributed by atoms with Gasteiger partial charge in [0.05, 0.1) is 0 Å². The van der Waals surface area contributed by atoms with Gasteiger partial charge in [-0.05, 0) is 43.3 Å². The Morgan fingerprint density at radius 1 is 1.16 bits per heavy atom. The lowest BCUT2D eigenvalue weighted by Crippen LogP contribution is -2.43. The van der Waals surface area contributed by atoms with E-state index < -0.39 is 6.04 Å². The first-order valence-corrected chi connectivity index (χ1v) is 9.03. The highest BCUT2D eigenvalue weighted by atomic mass is 35.5. The smallest absolute Gasteiger partial charge is 0.249 e. The summed E-state index contributed by atoms with van der Waals surface area (Å²) in [5.41, 5.74) is 0.857. The number of amides is 2. The van der Waals surface area contributed by atoms with Gasteiger partial charge in [-0.3, -0.25) is 9.59 Å². The number of carbonyl (C=O) groups is 2. The molecule has 2 N–H and O–H groups in total. The molecule has 0 aliphatic carbocycles. The topological polar surface area (TPSA) is 61.4 Å². The molecule has 2 amide bonds. The predicted octanol–water partition coefficient (Wildman–Crippen LogP) is 2.13. The van der Waals surface area contributed by atoms with E-state index in [9.17, 15) is 9.59 Å². The van der Waals surface area contributed by atoms with Crippen LogP contribution in [0.1, 0.15) is 37.8 Å². The van der Waals surface area contributed by atoms with E-state index in [0.717, 1.165) is 44.6 Å². The van der Waals surface area contributed by atoms with Crippen LogP contribution in [-0.2, 0) is 9.59 Å². The Morgan fingerprint density at radius 3 is 2.32 bits per heavy atom. The van der Waals surface area contributed by atoms with Crippen molar-refractivity contribution in [2.45, 2.75) is 32.2 Å². The van der Waals surface area contributed by atoms with Crippen molar-refractivity contribution in [2.24, 2.45) is 11.8 Å². The molecule has 5 nitrogen and oxygen atoms in total. The maximum atomic E-state index is 13.1. The zero-order valence-corrected chi connectivity index (χ0v) is 15.6. The number of likely N-dealkylation sites (tertiary alicyclic amines) is 1. The van der Waals surface area contributed by atoms with Crippen molar-refractivity contribution in [2.75, 3.05) is 26.2 Å². The van der Waals surface area contributed by atoms with Crippen molar-refractivity contribution >= 4 is 24.2 Å². The van der Waals surface area contributed by atoms with Crippen molar-refractivity contribution in [3.8, 4) is 0 Å². The van der Waals surface area contributed by atoms with Gasteiger partial charge in [0.25, 0.3) is 0 Å². The number of hydrogen-bond acceptors (Lipinski definition) is 3. The van der Waals surface area contributed by atoms with Crippen molar-refractivity contribution in [1.82, 2.24) is 15.5 Å². The van der Waals surface area contributed by atoms with Crippen molar-refractivity contribution in [1.29, 1.82) is 0 Å². The van der Waals surface area contributed by atoms with Gasteiger partial charge >= 0.3 is 0 Å². The molecule has 2 aliphatic rings. The third-order valence-corrected chi connectivity index (χ3v) is 5.34. The maximum Gasteiger partial charge on any atom is 0.249 e. The quantitative estimate of drug-likeness (QED) is 0.859. The summed E-state index contributed by atoms with van der Waals surface area (Å²) >= 11 is 0. The monoisotopic (exact) mass is 365 g/mol. The molecule has 0 saturated carbocycles. The van der Waals surface area contributed by atoms with E-state index in [0.29, 0.717) is 18.3 Å². The highest BCUT2D eigenvalue weighted by Gasteiger charge is 2.34. The van der Waals surface area contributed by atoms with Crippen LogP contribution in [0.4, 0.5) is 0 Å². The van der Waals surface area contributed by atoms with E-state index >= 15 is 0 Å². The average molecular weight is 366 g/mol. The fourth-order valence-corrected chi connectivity index (χ4v) is 3.82. The fraction of sp³-hybridized carbons (Fsp3) is 0.579. The summed E-state index contributed by atoms with van der Waals surface area (Å²) in [5.74, 6) is 1.30. The fourth-order valence-electron chi connectivity index (χ4n) is 3.82. The van der Waals surface area contributed by atoms with Gasteiger partial charge < -0.3 is 15.5 Å². The Hall–Kier alpha value is -1.59. The molecule has 138 valence electrons. The first-order chi connectivity index (χ1) is 11.7. The number of fused-ring (bicyclic) bond motifs is 1. The van der Waals surface area contributed by atoms with E-state index in [-0.39, 0.29) is 24.2 Å². The number of nitrogens with one attached hydrogen (secondary N) is 2. The molecule has 0 aromatic heterocycles. The van der Waals surface area contributed by atoms with Gasteiger partial charge in [-0.2, -0.15) is 0 Å². The van der Waals surface area contributed by atoms with Crippen LogP contribution >= 0.6 is 12.4 Å². The normalized spacial score (nSPS) is 23.8. The van der Waals surface area contributed by atoms with Crippen LogP contribution in [0.3, 0.4) is 0 Å². The van der Waals surface area contributed by atoms with E-state index in [1.54, 1.807) is 0 Å². The molecule has 1 aromatic rings. The van der Waals surface area contributed by atoms with Gasteiger partial charge in [-0.1, -0.05) is 37.3 Å². The Balaban J connectivity index is 0.00000225. The highest BCUT2D eigenvalue weighted by molar-refractivity contribution is 5.88. The average Bonchev–Trinajstić information content (AvgIpc) is 2.98. The van der Waals surface area contributed by atoms with Crippen LogP contribution in [0.2, 0.25) is 0 Å². The standard InChI is InChI=1S/C19H27N3O2.ClH/c1-2-17(23)21-18(14-6-4-3-5-7-14)19(24)22-10-8-15-12-20-13-16(15)9-11-22;/h3-7,15-16,18,20H,2,8-13H2,1H3,(H,21,23);1H/t15-,16+,18?;. The lowest BCUT2D eigenvalue weighted by Gasteiger charge is -2.27. The van der Waals surface area contributed by atoms with E-state index in [4.69, 9.17) is 0 Å². The molecule has 1 unspecified atom stereocenters. The first kappa shape index (κ1) is 19.7. The molecule has 1 aromatic carbocycles. The number of nitrogens with zero attached hydrogens (tertiary/aromatic N) is 1. The molecule has 3 atom stereocenters. The maximum absolute atomic E-state index is 13.1. The number of benzene rings is 1. The van der Waals surface area contributed by atoms with Gasteiger partial charge in [0, 0.05) is 19.5 Å². The Kier molecular flexibility index (Phi) is 7.26. The molecule has 0 bridgehead atoms. The predicted molar refractivity (Wildman–Crippen MR) is 101 cm³/mol. The van der Waals surface area contributed by atoms with Crippen LogP contribution in [0.25, 0.3) is 0 Å². The lowest BCUT2D eigenvalue weighted by atomic mass is 9.92. The summed E-state index contributed by atoms with van der Waals surface area (Å²) < 4.78 is 0. The molecule has 25 heavy (non-hydrogen) atoms. The van der Waals surface area contributed by atoms with Crippen LogP contribution < -0.4 is 10.6 Å². The van der Waals surface area contributed by atoms with Crippen molar-refractivity contribution in [3.05, 3.63) is 35.9 Å². The van der Waals surface area contributed by atoms with E-state index in [2.05, 4.69) is 10.6 Å². The summed E-state index contributed by atoms with van der Waals surface area (Å²) in [6.07, 6.45) is 2.48. The molecule has 0 spiro atoms. The third-order valence-electron chi connectivity index (χ3n) is 5.34. The minimum atomic E-state index is -0.574. The Bertz CT molecular complexity index is 567. The van der Waals surface area contributed by atoms with Gasteiger partial charge in [-0.25, -0.2) is 0 Å². The van der Waals surface area contributed by atoms with Gasteiger partial charge in [0.2, 0.25) is 11.8 Å². The molecule has 0 radical (unpaired) electrons. The van der Waals surface area contributed by atoms with Gasteiger partial charge in [0.15, 0.2) is 0 Å². The minimum Gasteiger partial charge on any atom is -0.341 e. The number of hydrogen-bond donors (Lipinski definition) is 2. The second-order valence-corrected chi connectivity index (χ2v) is 6.85. The van der Waals surface area contributed by atoms with E-state index in [1.807, 2.05) is 42.2 Å². The molecule has 3 rings (SSSR count). The summed E-state index contributed by atoms with van der Waals surface area (Å²) in [5, 5.41) is 6.37. The zero-order valence-electron chi connectivity index (χ0n) is 14.7. The molecule has 2 aliphatic heterocycles. The largest absolute Gasteiger partial charge is 0.341 e. The molecule has 6 heteroatoms. The summed E-state index contributed by atoms with van der Waals surface area (Å²) in [7, 11) is 0. The zero-order chi connectivity index (χ0) is 16.9. The van der Waals surface area contributed by atoms with Gasteiger partial charge in [0.1, 0.15) is 6.04 Å². The molecule has 2 saturated heterocycles. The second kappa shape index (κ2) is 9.20. The first-order valence-electron chi connectivity index (χ1n) is 9.03. The Morgan fingerprint density at radius 2 is 1.76 bits per heavy atom. The summed E-state index contributed by atoms with van der Waals surface area (Å²) in [4.78, 5) is 27.0. The molecular weight excluding hydrogens is 338 g/mol. The number of halogens is 1. The van der Waals surface area contributed by atoms with Gasteiger partial charge in [-0.15, -0.1) is 12.4 Å². The SMILES string of the molecule is CCC(=O)NC(C(=O)N1CC[C@@H]2CNC[C@@H]2CC1)c1ccccc1.Cl. The van der Waals surface area contributed by atoms with E-state index in [1.165, 1.54) is 0 Å². The summed E-state index contributed by atoms with van der Waals surface area (Å²) in [6, 6.07) is 8.99. The molecule has 2 heterocycles. The Labute approximate surface area is 155 Å². The number of carbonyl (C=O) groups excluding carboxylic acids is 2. The van der Waals surface area contributed by atoms with Crippen molar-refractivity contribution in [3.63, 3.8) is 0 Å². The lowest BCUT2D eigenvalue weighted by molar-refractivity contribution is -0.136. The minimum absolute atomic E-state index is 0. The second-order valence-electron chi connectivity index (χ2n) is 6.85.